The molecule has 1 amide bonds. The van der Waals surface area contributed by atoms with Gasteiger partial charge >= 0.3 is 5.97 Å². The van der Waals surface area contributed by atoms with E-state index in [4.69, 9.17) is 4.74 Å². The number of carbonyl (C=O) groups excluding carboxylic acids is 1. The number of benzene rings is 1. The maximum atomic E-state index is 12.4. The van der Waals surface area contributed by atoms with E-state index in [1.807, 2.05) is 30.3 Å². The number of carbonyl (C=O) groups is 2. The smallest absolute Gasteiger partial charge is 0.319 e. The Kier molecular flexibility index (Phi) is 3.68. The summed E-state index contributed by atoms with van der Waals surface area (Å²) in [6.07, 6.45) is 1.60. The van der Waals surface area contributed by atoms with Gasteiger partial charge in [0.1, 0.15) is 5.41 Å². The van der Waals surface area contributed by atoms with Crippen LogP contribution in [0.3, 0.4) is 0 Å². The number of carboxylic acids is 1. The van der Waals surface area contributed by atoms with E-state index < -0.39 is 11.4 Å². The van der Waals surface area contributed by atoms with Crippen LogP contribution in [0.1, 0.15) is 18.4 Å². The number of hydrogen-bond donors (Lipinski definition) is 1. The van der Waals surface area contributed by atoms with E-state index in [0.717, 1.165) is 12.0 Å². The van der Waals surface area contributed by atoms with Crippen LogP contribution in [0.4, 0.5) is 0 Å². The van der Waals surface area contributed by atoms with Gasteiger partial charge in [-0.3, -0.25) is 9.59 Å². The second kappa shape index (κ2) is 5.48. The third-order valence-electron chi connectivity index (χ3n) is 4.30. The van der Waals surface area contributed by atoms with E-state index >= 15 is 0 Å². The predicted octanol–water partition coefficient (Wildman–Crippen LogP) is 1.32. The zero-order valence-electron chi connectivity index (χ0n) is 11.8. The average Bonchev–Trinajstić information content (AvgIpc) is 3.29. The molecule has 0 bridgehead atoms. The van der Waals surface area contributed by atoms with Crippen molar-refractivity contribution in [1.29, 1.82) is 0 Å². The van der Waals surface area contributed by atoms with Crippen LogP contribution in [-0.2, 0) is 20.7 Å². The number of nitrogens with zero attached hydrogens (tertiary/aromatic N) is 1. The van der Waals surface area contributed by atoms with Crippen molar-refractivity contribution in [1.82, 2.24) is 4.90 Å². The Hall–Kier alpha value is -1.88. The summed E-state index contributed by atoms with van der Waals surface area (Å²) in [6.45, 7) is 1.43. The van der Waals surface area contributed by atoms with Gasteiger partial charge in [0.25, 0.3) is 0 Å². The molecule has 1 aliphatic heterocycles. The Morgan fingerprint density at radius 3 is 2.62 bits per heavy atom. The second-order valence-electron chi connectivity index (χ2n) is 5.82. The lowest BCUT2D eigenvalue weighted by Crippen LogP contribution is -2.50. The Morgan fingerprint density at radius 1 is 1.29 bits per heavy atom. The van der Waals surface area contributed by atoms with Gasteiger partial charge in [-0.1, -0.05) is 30.3 Å². The summed E-state index contributed by atoms with van der Waals surface area (Å²) in [5.74, 6) is -1.23. The molecule has 2 aliphatic rings. The zero-order chi connectivity index (χ0) is 14.9. The molecular formula is C16H19NO4. The summed E-state index contributed by atoms with van der Waals surface area (Å²) < 4.78 is 5.71. The average molecular weight is 289 g/mol. The van der Waals surface area contributed by atoms with Crippen LogP contribution in [0, 0.1) is 5.41 Å². The Balaban J connectivity index is 1.64. The molecule has 1 N–H and O–H groups in total. The van der Waals surface area contributed by atoms with E-state index in [-0.39, 0.29) is 12.0 Å². The van der Waals surface area contributed by atoms with Gasteiger partial charge in [-0.2, -0.15) is 0 Å². The van der Waals surface area contributed by atoms with E-state index in [1.165, 1.54) is 0 Å². The summed E-state index contributed by atoms with van der Waals surface area (Å²) in [4.78, 5) is 25.3. The predicted molar refractivity (Wildman–Crippen MR) is 75.8 cm³/mol. The van der Waals surface area contributed by atoms with Crippen molar-refractivity contribution in [3.05, 3.63) is 35.9 Å². The molecule has 1 unspecified atom stereocenters. The molecule has 0 radical (unpaired) electrons. The molecule has 3 rings (SSSR count). The lowest BCUT2D eigenvalue weighted by Gasteiger charge is -2.34. The van der Waals surface area contributed by atoms with Crippen LogP contribution >= 0.6 is 0 Å². The first-order chi connectivity index (χ1) is 10.1. The lowest BCUT2D eigenvalue weighted by molar-refractivity contribution is -0.157. The zero-order valence-corrected chi connectivity index (χ0v) is 11.8. The standard InChI is InChI=1S/C16H19NO4/c18-14(16(6-7-16)15(19)20)17-8-9-21-13(11-17)10-12-4-2-1-3-5-12/h1-5,13H,6-11H2,(H,19,20). The van der Waals surface area contributed by atoms with Gasteiger partial charge < -0.3 is 14.7 Å². The highest BCUT2D eigenvalue weighted by molar-refractivity contribution is 6.04. The maximum absolute atomic E-state index is 12.4. The molecule has 1 aliphatic carbocycles. The fraction of sp³-hybridized carbons (Fsp3) is 0.500. The number of carboxylic acid groups (broad SMARTS) is 1. The fourth-order valence-electron chi connectivity index (χ4n) is 2.85. The van der Waals surface area contributed by atoms with Crippen molar-refractivity contribution in [2.75, 3.05) is 19.7 Å². The van der Waals surface area contributed by atoms with Crippen molar-refractivity contribution >= 4 is 11.9 Å². The normalized spacial score (nSPS) is 23.6. The summed E-state index contributed by atoms with van der Waals surface area (Å²) in [5, 5.41) is 9.23. The van der Waals surface area contributed by atoms with Crippen molar-refractivity contribution in [2.24, 2.45) is 5.41 Å². The number of aliphatic carboxylic acids is 1. The number of hydrogen-bond acceptors (Lipinski definition) is 3. The minimum Gasteiger partial charge on any atom is -0.480 e. The van der Waals surface area contributed by atoms with Gasteiger partial charge in [0.05, 0.1) is 12.7 Å². The number of ether oxygens (including phenoxy) is 1. The first kappa shape index (κ1) is 14.1. The topological polar surface area (TPSA) is 66.8 Å². The highest BCUT2D eigenvalue weighted by Gasteiger charge is 2.58. The number of morpholine rings is 1. The van der Waals surface area contributed by atoms with E-state index in [2.05, 4.69) is 0 Å². The van der Waals surface area contributed by atoms with Crippen LogP contribution in [0.25, 0.3) is 0 Å². The van der Waals surface area contributed by atoms with Crippen molar-refractivity contribution in [3.8, 4) is 0 Å². The van der Waals surface area contributed by atoms with Crippen LogP contribution in [-0.4, -0.2) is 47.7 Å². The molecule has 5 nitrogen and oxygen atoms in total. The molecule has 1 saturated heterocycles. The molecule has 1 aromatic rings. The van der Waals surface area contributed by atoms with Crippen LogP contribution in [0.15, 0.2) is 30.3 Å². The maximum Gasteiger partial charge on any atom is 0.319 e. The summed E-state index contributed by atoms with van der Waals surface area (Å²) in [6, 6.07) is 9.98. The lowest BCUT2D eigenvalue weighted by atomic mass is 10.0. The molecule has 1 atom stereocenters. The Labute approximate surface area is 123 Å². The summed E-state index contributed by atoms with van der Waals surface area (Å²) in [5.41, 5.74) is 0.0189. The molecule has 1 saturated carbocycles. The molecule has 5 heteroatoms. The quantitative estimate of drug-likeness (QED) is 0.849. The Bertz CT molecular complexity index is 538. The van der Waals surface area contributed by atoms with Crippen molar-refractivity contribution in [3.63, 3.8) is 0 Å². The van der Waals surface area contributed by atoms with Gasteiger partial charge in [-0.15, -0.1) is 0 Å². The molecular weight excluding hydrogens is 270 g/mol. The number of rotatable bonds is 4. The first-order valence-electron chi connectivity index (χ1n) is 7.30. The fourth-order valence-corrected chi connectivity index (χ4v) is 2.85. The largest absolute Gasteiger partial charge is 0.480 e. The molecule has 112 valence electrons. The SMILES string of the molecule is O=C(O)C1(C(=O)N2CCOC(Cc3ccccc3)C2)CC1. The van der Waals surface area contributed by atoms with Gasteiger partial charge in [-0.05, 0) is 18.4 Å². The van der Waals surface area contributed by atoms with E-state index in [9.17, 15) is 14.7 Å². The number of amides is 1. The summed E-state index contributed by atoms with van der Waals surface area (Å²) >= 11 is 0. The third kappa shape index (κ3) is 2.78. The van der Waals surface area contributed by atoms with Crippen LogP contribution in [0.5, 0.6) is 0 Å². The third-order valence-corrected chi connectivity index (χ3v) is 4.30. The van der Waals surface area contributed by atoms with E-state index in [1.54, 1.807) is 4.90 Å². The van der Waals surface area contributed by atoms with Crippen LogP contribution < -0.4 is 0 Å². The van der Waals surface area contributed by atoms with Gasteiger partial charge in [0, 0.05) is 19.5 Å². The van der Waals surface area contributed by atoms with Gasteiger partial charge in [0.2, 0.25) is 5.91 Å². The highest BCUT2D eigenvalue weighted by atomic mass is 16.5. The monoisotopic (exact) mass is 289 g/mol. The molecule has 0 aromatic heterocycles. The van der Waals surface area contributed by atoms with Crippen molar-refractivity contribution in [2.45, 2.75) is 25.4 Å². The minimum atomic E-state index is -1.14. The molecule has 1 aromatic carbocycles. The molecule has 2 fully saturated rings. The first-order valence-corrected chi connectivity index (χ1v) is 7.30. The minimum absolute atomic E-state index is 0.0605. The van der Waals surface area contributed by atoms with Gasteiger partial charge in [-0.25, -0.2) is 0 Å². The van der Waals surface area contributed by atoms with Gasteiger partial charge in [0.15, 0.2) is 0 Å². The van der Waals surface area contributed by atoms with Crippen LogP contribution in [0.2, 0.25) is 0 Å². The Morgan fingerprint density at radius 2 is 2.00 bits per heavy atom. The summed E-state index contributed by atoms with van der Waals surface area (Å²) in [7, 11) is 0. The highest BCUT2D eigenvalue weighted by Crippen LogP contribution is 2.47. The molecule has 1 heterocycles. The molecule has 0 spiro atoms. The van der Waals surface area contributed by atoms with Crippen molar-refractivity contribution < 1.29 is 19.4 Å². The van der Waals surface area contributed by atoms with E-state index in [0.29, 0.717) is 32.5 Å². The molecule has 21 heavy (non-hydrogen) atoms. The second-order valence-corrected chi connectivity index (χ2v) is 5.82.